The van der Waals surface area contributed by atoms with Gasteiger partial charge in [0, 0.05) is 25.7 Å². The van der Waals surface area contributed by atoms with Crippen LogP contribution in [0.25, 0.3) is 0 Å². The van der Waals surface area contributed by atoms with Gasteiger partial charge in [0.15, 0.2) is 0 Å². The van der Waals surface area contributed by atoms with Crippen LogP contribution in [-0.4, -0.2) is 49.3 Å². The van der Waals surface area contributed by atoms with Gasteiger partial charge in [0.05, 0.1) is 13.5 Å². The zero-order valence-corrected chi connectivity index (χ0v) is 16.9. The van der Waals surface area contributed by atoms with Crippen LogP contribution >= 0.6 is 0 Å². The molecule has 27 heavy (non-hydrogen) atoms. The van der Waals surface area contributed by atoms with Gasteiger partial charge in [-0.1, -0.05) is 30.3 Å². The second kappa shape index (κ2) is 9.74. The van der Waals surface area contributed by atoms with Crippen LogP contribution in [0.2, 0.25) is 0 Å². The van der Waals surface area contributed by atoms with Crippen LogP contribution in [0.15, 0.2) is 30.3 Å². The van der Waals surface area contributed by atoms with Crippen LogP contribution < -0.4 is 5.32 Å². The maximum Gasteiger partial charge on any atom is 0.410 e. The van der Waals surface area contributed by atoms with Crippen molar-refractivity contribution in [3.8, 4) is 0 Å². The lowest BCUT2D eigenvalue weighted by atomic mass is 9.96. The van der Waals surface area contributed by atoms with Gasteiger partial charge in [-0.25, -0.2) is 4.79 Å². The number of nitrogens with one attached hydrogen (secondary N) is 1. The Morgan fingerprint density at radius 2 is 1.96 bits per heavy atom. The zero-order valence-electron chi connectivity index (χ0n) is 16.9. The molecule has 1 heterocycles. The van der Waals surface area contributed by atoms with E-state index in [0.717, 1.165) is 31.5 Å². The maximum absolute atomic E-state index is 12.3. The van der Waals surface area contributed by atoms with E-state index in [2.05, 4.69) is 5.32 Å². The first-order chi connectivity index (χ1) is 12.8. The summed E-state index contributed by atoms with van der Waals surface area (Å²) >= 11 is 0. The van der Waals surface area contributed by atoms with Crippen molar-refractivity contribution in [1.82, 2.24) is 10.2 Å². The second-order valence-corrected chi connectivity index (χ2v) is 8.09. The summed E-state index contributed by atoms with van der Waals surface area (Å²) in [5.41, 5.74) is 0.573. The van der Waals surface area contributed by atoms with Crippen LogP contribution in [0.5, 0.6) is 0 Å². The number of esters is 1. The molecule has 0 radical (unpaired) electrons. The standard InChI is InChI=1S/C21H32N2O4/c1-21(2,3)27-20(25)23-12-8-9-16(15-23)14-22-18(13-19(24)26-4)17-10-6-5-7-11-17/h5-7,10-11,16,18,22H,8-9,12-15H2,1-4H3/t16-,18-/m0/s1. The van der Waals surface area contributed by atoms with Gasteiger partial charge in [0.2, 0.25) is 0 Å². The predicted octanol–water partition coefficient (Wildman–Crippen LogP) is 3.53. The normalized spacial score (nSPS) is 18.7. The van der Waals surface area contributed by atoms with Gasteiger partial charge in [-0.15, -0.1) is 0 Å². The number of ether oxygens (including phenoxy) is 2. The molecule has 1 aliphatic rings. The average Bonchev–Trinajstić information content (AvgIpc) is 2.64. The number of rotatable bonds is 6. The van der Waals surface area contributed by atoms with Crippen LogP contribution in [-0.2, 0) is 14.3 Å². The molecule has 0 bridgehead atoms. The van der Waals surface area contributed by atoms with Gasteiger partial charge >= 0.3 is 12.1 Å². The van der Waals surface area contributed by atoms with Gasteiger partial charge in [-0.2, -0.15) is 0 Å². The number of piperidine rings is 1. The molecule has 2 atom stereocenters. The molecule has 1 aliphatic heterocycles. The van der Waals surface area contributed by atoms with E-state index in [1.807, 2.05) is 51.1 Å². The Kier molecular flexibility index (Phi) is 7.66. The van der Waals surface area contributed by atoms with Crippen molar-refractivity contribution in [3.63, 3.8) is 0 Å². The molecule has 2 rings (SSSR count). The van der Waals surface area contributed by atoms with Crippen molar-refractivity contribution >= 4 is 12.1 Å². The van der Waals surface area contributed by atoms with Crippen LogP contribution in [0.3, 0.4) is 0 Å². The van der Waals surface area contributed by atoms with E-state index in [4.69, 9.17) is 9.47 Å². The molecule has 0 unspecified atom stereocenters. The number of amides is 1. The van der Waals surface area contributed by atoms with Gasteiger partial charge in [-0.05, 0) is 45.1 Å². The molecule has 1 aromatic rings. The molecule has 0 spiro atoms. The fraction of sp³-hybridized carbons (Fsp3) is 0.619. The number of hydrogen-bond acceptors (Lipinski definition) is 5. The summed E-state index contributed by atoms with van der Waals surface area (Å²) < 4.78 is 10.3. The van der Waals surface area contributed by atoms with E-state index < -0.39 is 5.60 Å². The average molecular weight is 376 g/mol. The SMILES string of the molecule is COC(=O)C[C@H](NC[C@@H]1CCCN(C(=O)OC(C)(C)C)C1)c1ccccc1. The topological polar surface area (TPSA) is 67.9 Å². The van der Waals surface area contributed by atoms with E-state index in [9.17, 15) is 9.59 Å². The van der Waals surface area contributed by atoms with Crippen molar-refractivity contribution in [2.75, 3.05) is 26.7 Å². The summed E-state index contributed by atoms with van der Waals surface area (Å²) in [7, 11) is 1.41. The predicted molar refractivity (Wildman–Crippen MR) is 104 cm³/mol. The first-order valence-electron chi connectivity index (χ1n) is 9.61. The third-order valence-corrected chi connectivity index (χ3v) is 4.62. The monoisotopic (exact) mass is 376 g/mol. The van der Waals surface area contributed by atoms with Crippen molar-refractivity contribution in [2.24, 2.45) is 5.92 Å². The fourth-order valence-electron chi connectivity index (χ4n) is 3.28. The highest BCUT2D eigenvalue weighted by atomic mass is 16.6. The molecule has 150 valence electrons. The van der Waals surface area contributed by atoms with Gasteiger partial charge < -0.3 is 19.7 Å². The zero-order chi connectivity index (χ0) is 19.9. The lowest BCUT2D eigenvalue weighted by Gasteiger charge is -2.34. The summed E-state index contributed by atoms with van der Waals surface area (Å²) in [6.45, 7) is 7.77. The number of carbonyl (C=O) groups excluding carboxylic acids is 2. The molecule has 0 saturated carbocycles. The van der Waals surface area contributed by atoms with Crippen molar-refractivity contribution < 1.29 is 19.1 Å². The first kappa shape index (κ1) is 21.2. The summed E-state index contributed by atoms with van der Waals surface area (Å²) in [5, 5.41) is 3.50. The number of benzene rings is 1. The Bertz CT molecular complexity index is 612. The lowest BCUT2D eigenvalue weighted by molar-refractivity contribution is -0.141. The highest BCUT2D eigenvalue weighted by Crippen LogP contribution is 2.22. The molecule has 1 fully saturated rings. The van der Waals surface area contributed by atoms with Crippen LogP contribution in [0, 0.1) is 5.92 Å². The number of hydrogen-bond donors (Lipinski definition) is 1. The van der Waals surface area contributed by atoms with Gasteiger partial charge in [0.25, 0.3) is 0 Å². The molecule has 1 amide bonds. The number of likely N-dealkylation sites (tertiary alicyclic amines) is 1. The molecule has 1 saturated heterocycles. The molecule has 1 aromatic carbocycles. The van der Waals surface area contributed by atoms with Crippen molar-refractivity contribution in [1.29, 1.82) is 0 Å². The number of methoxy groups -OCH3 is 1. The first-order valence-corrected chi connectivity index (χ1v) is 9.61. The van der Waals surface area contributed by atoms with E-state index in [0.29, 0.717) is 12.5 Å². The molecule has 6 nitrogen and oxygen atoms in total. The molecular weight excluding hydrogens is 344 g/mol. The van der Waals surface area contributed by atoms with Gasteiger partial charge in [-0.3, -0.25) is 4.79 Å². The number of carbonyl (C=O) groups is 2. The Labute approximate surface area is 162 Å². The molecule has 6 heteroatoms. The Balaban J connectivity index is 1.93. The summed E-state index contributed by atoms with van der Waals surface area (Å²) in [5.74, 6) is 0.0884. The Hall–Kier alpha value is -2.08. The Morgan fingerprint density at radius 3 is 2.59 bits per heavy atom. The highest BCUT2D eigenvalue weighted by Gasteiger charge is 2.28. The lowest BCUT2D eigenvalue weighted by Crippen LogP contribution is -2.45. The second-order valence-electron chi connectivity index (χ2n) is 8.09. The van der Waals surface area contributed by atoms with E-state index in [1.165, 1.54) is 7.11 Å². The summed E-state index contributed by atoms with van der Waals surface area (Å²) in [4.78, 5) is 25.9. The molecule has 0 aliphatic carbocycles. The van der Waals surface area contributed by atoms with E-state index in [-0.39, 0.29) is 24.5 Å². The van der Waals surface area contributed by atoms with Crippen LogP contribution in [0.4, 0.5) is 4.79 Å². The van der Waals surface area contributed by atoms with Crippen molar-refractivity contribution in [2.45, 2.75) is 51.7 Å². The molecule has 1 N–H and O–H groups in total. The summed E-state index contributed by atoms with van der Waals surface area (Å²) in [6, 6.07) is 9.80. The molecular formula is C21H32N2O4. The minimum absolute atomic E-state index is 0.101. The maximum atomic E-state index is 12.3. The minimum atomic E-state index is -0.485. The Morgan fingerprint density at radius 1 is 1.26 bits per heavy atom. The summed E-state index contributed by atoms with van der Waals surface area (Å²) in [6.07, 6.45) is 2.04. The minimum Gasteiger partial charge on any atom is -0.469 e. The third kappa shape index (κ3) is 7.21. The largest absolute Gasteiger partial charge is 0.469 e. The van der Waals surface area contributed by atoms with E-state index >= 15 is 0 Å². The molecule has 0 aromatic heterocycles. The quantitative estimate of drug-likeness (QED) is 0.770. The highest BCUT2D eigenvalue weighted by molar-refractivity contribution is 5.70. The van der Waals surface area contributed by atoms with Crippen LogP contribution in [0.1, 0.15) is 51.6 Å². The number of nitrogens with zero attached hydrogens (tertiary/aromatic N) is 1. The van der Waals surface area contributed by atoms with E-state index in [1.54, 1.807) is 4.90 Å². The van der Waals surface area contributed by atoms with Crippen molar-refractivity contribution in [3.05, 3.63) is 35.9 Å². The van der Waals surface area contributed by atoms with Gasteiger partial charge in [0.1, 0.15) is 5.60 Å². The third-order valence-electron chi connectivity index (χ3n) is 4.62. The smallest absolute Gasteiger partial charge is 0.410 e. The fourth-order valence-corrected chi connectivity index (χ4v) is 3.28.